The maximum absolute atomic E-state index is 4.13. The number of nitrogens with zero attached hydrogens (tertiary/aromatic N) is 2. The Hall–Kier alpha value is -1.09. The Morgan fingerprint density at radius 3 is 3.07 bits per heavy atom. The number of aromatic nitrogens is 2. The summed E-state index contributed by atoms with van der Waals surface area (Å²) in [5.41, 5.74) is 1.23. The number of aryl methyl sites for hydroxylation is 1. The predicted molar refractivity (Wildman–Crippen MR) is 63.6 cm³/mol. The number of unbranched alkanes of at least 4 members (excludes halogenated alkanes) is 1. The standard InChI is InChI=1S/C12H21N3/c1-4-5-6-7-11(2)13-10-12-8-9-14-15(12)3/h4,8-9,11,13H,1,5-7,10H2,2-3H3. The largest absolute Gasteiger partial charge is 0.309 e. The van der Waals surface area contributed by atoms with Gasteiger partial charge in [0.1, 0.15) is 0 Å². The highest BCUT2D eigenvalue weighted by molar-refractivity contribution is 4.99. The number of allylic oxidation sites excluding steroid dienone is 1. The lowest BCUT2D eigenvalue weighted by Crippen LogP contribution is -2.26. The van der Waals surface area contributed by atoms with Crippen molar-refractivity contribution in [2.75, 3.05) is 0 Å². The fourth-order valence-electron chi connectivity index (χ4n) is 1.52. The van der Waals surface area contributed by atoms with Crippen molar-refractivity contribution in [1.82, 2.24) is 15.1 Å². The van der Waals surface area contributed by atoms with Gasteiger partial charge in [-0.2, -0.15) is 5.10 Å². The van der Waals surface area contributed by atoms with Gasteiger partial charge in [0, 0.05) is 25.8 Å². The van der Waals surface area contributed by atoms with Crippen molar-refractivity contribution in [3.05, 3.63) is 30.6 Å². The van der Waals surface area contributed by atoms with Crippen LogP contribution in [0, 0.1) is 0 Å². The van der Waals surface area contributed by atoms with Gasteiger partial charge in [-0.15, -0.1) is 6.58 Å². The van der Waals surface area contributed by atoms with Gasteiger partial charge in [-0.1, -0.05) is 6.08 Å². The van der Waals surface area contributed by atoms with E-state index in [9.17, 15) is 0 Å². The molecule has 1 unspecified atom stereocenters. The molecule has 3 heteroatoms. The molecule has 1 rings (SSSR count). The first-order chi connectivity index (χ1) is 7.24. The van der Waals surface area contributed by atoms with Crippen LogP contribution in [0.3, 0.4) is 0 Å². The summed E-state index contributed by atoms with van der Waals surface area (Å²) in [5.74, 6) is 0. The lowest BCUT2D eigenvalue weighted by atomic mass is 10.1. The first-order valence-electron chi connectivity index (χ1n) is 5.55. The summed E-state index contributed by atoms with van der Waals surface area (Å²) in [6, 6.07) is 2.60. The van der Waals surface area contributed by atoms with E-state index in [0.717, 1.165) is 13.0 Å². The second-order valence-electron chi connectivity index (χ2n) is 3.95. The van der Waals surface area contributed by atoms with Crippen LogP contribution in [-0.4, -0.2) is 15.8 Å². The summed E-state index contributed by atoms with van der Waals surface area (Å²) in [6.07, 6.45) is 7.33. The Balaban J connectivity index is 2.19. The van der Waals surface area contributed by atoms with Crippen LogP contribution >= 0.6 is 0 Å². The third-order valence-electron chi connectivity index (χ3n) is 2.60. The maximum Gasteiger partial charge on any atom is 0.0518 e. The van der Waals surface area contributed by atoms with E-state index in [1.165, 1.54) is 18.5 Å². The Morgan fingerprint density at radius 1 is 1.67 bits per heavy atom. The molecule has 1 aromatic rings. The number of hydrogen-bond acceptors (Lipinski definition) is 2. The van der Waals surface area contributed by atoms with Gasteiger partial charge in [0.05, 0.1) is 5.69 Å². The zero-order chi connectivity index (χ0) is 11.1. The molecular weight excluding hydrogens is 186 g/mol. The van der Waals surface area contributed by atoms with Crippen LogP contribution in [0.4, 0.5) is 0 Å². The molecule has 0 aliphatic carbocycles. The van der Waals surface area contributed by atoms with Crippen LogP contribution in [0.2, 0.25) is 0 Å². The fraction of sp³-hybridized carbons (Fsp3) is 0.583. The minimum atomic E-state index is 0.555. The molecule has 0 fully saturated rings. The minimum Gasteiger partial charge on any atom is -0.309 e. The molecule has 1 heterocycles. The van der Waals surface area contributed by atoms with Gasteiger partial charge in [-0.3, -0.25) is 4.68 Å². The van der Waals surface area contributed by atoms with Gasteiger partial charge in [0.25, 0.3) is 0 Å². The minimum absolute atomic E-state index is 0.555. The van der Waals surface area contributed by atoms with Gasteiger partial charge in [0.2, 0.25) is 0 Å². The molecule has 0 spiro atoms. The summed E-state index contributed by atoms with van der Waals surface area (Å²) in [7, 11) is 1.97. The average molecular weight is 207 g/mol. The normalized spacial score (nSPS) is 12.7. The molecule has 84 valence electrons. The van der Waals surface area contributed by atoms with E-state index in [4.69, 9.17) is 0 Å². The molecule has 1 aromatic heterocycles. The van der Waals surface area contributed by atoms with Gasteiger partial charge in [-0.25, -0.2) is 0 Å². The molecule has 0 amide bonds. The maximum atomic E-state index is 4.13. The molecule has 15 heavy (non-hydrogen) atoms. The van der Waals surface area contributed by atoms with E-state index in [2.05, 4.69) is 23.9 Å². The fourth-order valence-corrected chi connectivity index (χ4v) is 1.52. The summed E-state index contributed by atoms with van der Waals surface area (Å²) in [6.45, 7) is 6.84. The molecule has 0 radical (unpaired) electrons. The molecule has 0 aliphatic heterocycles. The molecular formula is C12H21N3. The Kier molecular flexibility index (Phi) is 5.12. The van der Waals surface area contributed by atoms with Crippen LogP contribution in [0.15, 0.2) is 24.9 Å². The Bertz CT molecular complexity index is 291. The van der Waals surface area contributed by atoms with Crippen LogP contribution in [-0.2, 0) is 13.6 Å². The van der Waals surface area contributed by atoms with E-state index in [0.29, 0.717) is 6.04 Å². The molecule has 0 aromatic carbocycles. The quantitative estimate of drug-likeness (QED) is 0.549. The zero-order valence-corrected chi connectivity index (χ0v) is 9.74. The van der Waals surface area contributed by atoms with Gasteiger partial charge < -0.3 is 5.32 Å². The van der Waals surface area contributed by atoms with Crippen molar-refractivity contribution in [2.45, 2.75) is 38.8 Å². The van der Waals surface area contributed by atoms with Crippen LogP contribution in [0.1, 0.15) is 31.9 Å². The third-order valence-corrected chi connectivity index (χ3v) is 2.60. The molecule has 3 nitrogen and oxygen atoms in total. The topological polar surface area (TPSA) is 29.9 Å². The summed E-state index contributed by atoms with van der Waals surface area (Å²) >= 11 is 0. The highest BCUT2D eigenvalue weighted by Gasteiger charge is 2.02. The summed E-state index contributed by atoms with van der Waals surface area (Å²) < 4.78 is 1.91. The molecule has 0 saturated carbocycles. The van der Waals surface area contributed by atoms with Crippen LogP contribution in [0.25, 0.3) is 0 Å². The average Bonchev–Trinajstić information content (AvgIpc) is 2.61. The monoisotopic (exact) mass is 207 g/mol. The smallest absolute Gasteiger partial charge is 0.0518 e. The van der Waals surface area contributed by atoms with Gasteiger partial charge in [0.15, 0.2) is 0 Å². The molecule has 0 saturated heterocycles. The van der Waals surface area contributed by atoms with Crippen molar-refractivity contribution >= 4 is 0 Å². The Morgan fingerprint density at radius 2 is 2.47 bits per heavy atom. The molecule has 0 aliphatic rings. The van der Waals surface area contributed by atoms with E-state index >= 15 is 0 Å². The summed E-state index contributed by atoms with van der Waals surface area (Å²) in [4.78, 5) is 0. The van der Waals surface area contributed by atoms with Crippen molar-refractivity contribution in [3.8, 4) is 0 Å². The molecule has 1 atom stereocenters. The lowest BCUT2D eigenvalue weighted by molar-refractivity contribution is 0.488. The summed E-state index contributed by atoms with van der Waals surface area (Å²) in [5, 5.41) is 7.62. The highest BCUT2D eigenvalue weighted by atomic mass is 15.3. The van der Waals surface area contributed by atoms with E-state index < -0.39 is 0 Å². The van der Waals surface area contributed by atoms with E-state index in [1.54, 1.807) is 0 Å². The van der Waals surface area contributed by atoms with Crippen molar-refractivity contribution in [3.63, 3.8) is 0 Å². The Labute approximate surface area is 92.2 Å². The van der Waals surface area contributed by atoms with Crippen molar-refractivity contribution in [2.24, 2.45) is 7.05 Å². The number of rotatable bonds is 7. The molecule has 0 bridgehead atoms. The predicted octanol–water partition coefficient (Wildman–Crippen LogP) is 2.25. The van der Waals surface area contributed by atoms with Crippen LogP contribution < -0.4 is 5.32 Å². The number of nitrogens with one attached hydrogen (secondary N) is 1. The SMILES string of the molecule is C=CCCCC(C)NCc1ccnn1C. The lowest BCUT2D eigenvalue weighted by Gasteiger charge is -2.13. The first kappa shape index (κ1) is 12.0. The first-order valence-corrected chi connectivity index (χ1v) is 5.55. The zero-order valence-electron chi connectivity index (χ0n) is 9.74. The highest BCUT2D eigenvalue weighted by Crippen LogP contribution is 2.02. The third kappa shape index (κ3) is 4.30. The van der Waals surface area contributed by atoms with Crippen molar-refractivity contribution < 1.29 is 0 Å². The number of hydrogen-bond donors (Lipinski definition) is 1. The van der Waals surface area contributed by atoms with E-state index in [-0.39, 0.29) is 0 Å². The second-order valence-corrected chi connectivity index (χ2v) is 3.95. The van der Waals surface area contributed by atoms with Crippen molar-refractivity contribution in [1.29, 1.82) is 0 Å². The molecule has 1 N–H and O–H groups in total. The van der Waals surface area contributed by atoms with Crippen LogP contribution in [0.5, 0.6) is 0 Å². The van der Waals surface area contributed by atoms with Gasteiger partial charge >= 0.3 is 0 Å². The van der Waals surface area contributed by atoms with Gasteiger partial charge in [-0.05, 0) is 32.3 Å². The van der Waals surface area contributed by atoms with E-state index in [1.807, 2.05) is 30.1 Å². The second kappa shape index (κ2) is 6.40.